The van der Waals surface area contributed by atoms with Gasteiger partial charge in [-0.25, -0.2) is 0 Å². The third-order valence-corrected chi connectivity index (χ3v) is 3.99. The summed E-state index contributed by atoms with van der Waals surface area (Å²) in [6.07, 6.45) is 8.89. The smallest absolute Gasteiger partial charge is 0.00160 e. The maximum absolute atomic E-state index is 2.68. The molecule has 2 unspecified atom stereocenters. The molecule has 0 radical (unpaired) electrons. The van der Waals surface area contributed by atoms with Gasteiger partial charge in [0.05, 0.1) is 0 Å². The van der Waals surface area contributed by atoms with Crippen LogP contribution in [0.1, 0.15) is 45.4 Å². The molecule has 0 aromatic heterocycles. The number of likely N-dealkylation sites (tertiary alicyclic amines) is 1. The van der Waals surface area contributed by atoms with Crippen molar-refractivity contribution in [2.24, 2.45) is 11.8 Å². The lowest BCUT2D eigenvalue weighted by Crippen LogP contribution is -2.25. The number of nitrogens with zero attached hydrogens (tertiary/aromatic N) is 1. The van der Waals surface area contributed by atoms with Crippen LogP contribution >= 0.6 is 0 Å². The fourth-order valence-electron chi connectivity index (χ4n) is 3.22. The van der Waals surface area contributed by atoms with Crippen LogP contribution in [0.4, 0.5) is 0 Å². The normalized spacial score (nSPS) is 35.8. The van der Waals surface area contributed by atoms with Crippen molar-refractivity contribution in [3.8, 4) is 0 Å². The number of fused-ring (bicyclic) bond motifs is 1. The summed E-state index contributed by atoms with van der Waals surface area (Å²) in [4.78, 5) is 2.68. The van der Waals surface area contributed by atoms with Gasteiger partial charge in [0, 0.05) is 0 Å². The first kappa shape index (κ1) is 9.51. The predicted molar refractivity (Wildman–Crippen MR) is 56.8 cm³/mol. The Morgan fingerprint density at radius 1 is 1.00 bits per heavy atom. The molecular weight excluding hydrogens is 158 g/mol. The van der Waals surface area contributed by atoms with Gasteiger partial charge in [0.1, 0.15) is 0 Å². The van der Waals surface area contributed by atoms with Gasteiger partial charge in [0.2, 0.25) is 0 Å². The Kier molecular flexibility index (Phi) is 3.26. The second-order valence-electron chi connectivity index (χ2n) is 4.87. The predicted octanol–water partition coefficient (Wildman–Crippen LogP) is 2.91. The maximum Gasteiger partial charge on any atom is -0.00160 e. The fraction of sp³-hybridized carbons (Fsp3) is 1.00. The van der Waals surface area contributed by atoms with Gasteiger partial charge in [-0.3, -0.25) is 0 Å². The van der Waals surface area contributed by atoms with Gasteiger partial charge in [0.15, 0.2) is 0 Å². The van der Waals surface area contributed by atoms with Gasteiger partial charge in [0.25, 0.3) is 0 Å². The van der Waals surface area contributed by atoms with E-state index in [1.54, 1.807) is 0 Å². The van der Waals surface area contributed by atoms with Gasteiger partial charge in [-0.2, -0.15) is 0 Å². The Morgan fingerprint density at radius 2 is 1.62 bits per heavy atom. The van der Waals surface area contributed by atoms with E-state index < -0.39 is 0 Å². The van der Waals surface area contributed by atoms with Crippen LogP contribution in [0.5, 0.6) is 0 Å². The van der Waals surface area contributed by atoms with Gasteiger partial charge in [-0.15, -0.1) is 0 Å². The zero-order valence-corrected chi connectivity index (χ0v) is 8.97. The summed E-state index contributed by atoms with van der Waals surface area (Å²) in [5.74, 6) is 2.20. The highest BCUT2D eigenvalue weighted by molar-refractivity contribution is 4.82. The zero-order valence-electron chi connectivity index (χ0n) is 8.97. The molecule has 0 spiro atoms. The maximum atomic E-state index is 2.68. The van der Waals surface area contributed by atoms with E-state index >= 15 is 0 Å². The van der Waals surface area contributed by atoms with E-state index in [0.29, 0.717) is 0 Å². The first-order valence-corrected chi connectivity index (χ1v) is 6.12. The van der Waals surface area contributed by atoms with Crippen molar-refractivity contribution in [1.29, 1.82) is 0 Å². The fourth-order valence-corrected chi connectivity index (χ4v) is 3.22. The quantitative estimate of drug-likeness (QED) is 0.633. The van der Waals surface area contributed by atoms with Crippen molar-refractivity contribution in [2.75, 3.05) is 19.6 Å². The Balaban J connectivity index is 1.84. The average molecular weight is 181 g/mol. The van der Waals surface area contributed by atoms with E-state index in [-0.39, 0.29) is 0 Å². The zero-order chi connectivity index (χ0) is 9.10. The molecule has 1 aliphatic heterocycles. The highest BCUT2D eigenvalue weighted by atomic mass is 15.1. The van der Waals surface area contributed by atoms with Crippen molar-refractivity contribution in [2.45, 2.75) is 45.4 Å². The Morgan fingerprint density at radius 3 is 2.15 bits per heavy atom. The van der Waals surface area contributed by atoms with Crippen molar-refractivity contribution in [3.05, 3.63) is 0 Å². The summed E-state index contributed by atoms with van der Waals surface area (Å²) in [5, 5.41) is 0. The lowest BCUT2D eigenvalue weighted by molar-refractivity contribution is 0.278. The molecule has 0 aromatic carbocycles. The van der Waals surface area contributed by atoms with Crippen molar-refractivity contribution in [3.63, 3.8) is 0 Å². The van der Waals surface area contributed by atoms with Gasteiger partial charge >= 0.3 is 0 Å². The van der Waals surface area contributed by atoms with E-state index in [1.165, 1.54) is 58.2 Å². The van der Waals surface area contributed by atoms with E-state index in [9.17, 15) is 0 Å². The summed E-state index contributed by atoms with van der Waals surface area (Å²) in [6, 6.07) is 0. The molecule has 13 heavy (non-hydrogen) atoms. The molecule has 2 atom stereocenters. The first-order valence-electron chi connectivity index (χ1n) is 6.12. The van der Waals surface area contributed by atoms with Crippen LogP contribution in [-0.2, 0) is 0 Å². The second kappa shape index (κ2) is 4.45. The number of hydrogen-bond donors (Lipinski definition) is 0. The molecule has 0 aromatic rings. The molecule has 1 heteroatoms. The van der Waals surface area contributed by atoms with E-state index in [2.05, 4.69) is 11.8 Å². The summed E-state index contributed by atoms with van der Waals surface area (Å²) >= 11 is 0. The lowest BCUT2D eigenvalue weighted by atomic mass is 9.92. The Bertz CT molecular complexity index is 141. The van der Waals surface area contributed by atoms with E-state index in [0.717, 1.165) is 11.8 Å². The minimum Gasteiger partial charge on any atom is -0.303 e. The highest BCUT2D eigenvalue weighted by Crippen LogP contribution is 2.38. The third kappa shape index (κ3) is 2.25. The molecule has 0 N–H and O–H groups in total. The van der Waals surface area contributed by atoms with Crippen molar-refractivity contribution >= 4 is 0 Å². The summed E-state index contributed by atoms with van der Waals surface area (Å²) in [5.41, 5.74) is 0. The summed E-state index contributed by atoms with van der Waals surface area (Å²) < 4.78 is 0. The van der Waals surface area contributed by atoms with Crippen molar-refractivity contribution in [1.82, 2.24) is 4.90 Å². The minimum absolute atomic E-state index is 1.10. The molecule has 76 valence electrons. The highest BCUT2D eigenvalue weighted by Gasteiger charge is 2.29. The van der Waals surface area contributed by atoms with Crippen LogP contribution in [0.15, 0.2) is 0 Å². The van der Waals surface area contributed by atoms with Gasteiger partial charge in [-0.05, 0) is 50.7 Å². The standard InChI is InChI=1S/C12H23N/c1-2-8-13-9-6-11-4-3-5-12(11)7-10-13/h11-12H,2-10H2,1H3. The first-order chi connectivity index (χ1) is 6.40. The Labute approximate surface area is 82.5 Å². The Hall–Kier alpha value is -0.0400. The van der Waals surface area contributed by atoms with E-state index in [4.69, 9.17) is 0 Å². The molecule has 1 saturated carbocycles. The molecular formula is C12H23N. The van der Waals surface area contributed by atoms with Crippen LogP contribution in [0.3, 0.4) is 0 Å². The topological polar surface area (TPSA) is 3.24 Å². The molecule has 1 aliphatic carbocycles. The van der Waals surface area contributed by atoms with Gasteiger partial charge < -0.3 is 4.90 Å². The minimum atomic E-state index is 1.10. The van der Waals surface area contributed by atoms with Gasteiger partial charge in [-0.1, -0.05) is 26.2 Å². The molecule has 2 aliphatic rings. The molecule has 1 nitrogen and oxygen atoms in total. The number of rotatable bonds is 2. The molecule has 0 bridgehead atoms. The number of hydrogen-bond acceptors (Lipinski definition) is 1. The average Bonchev–Trinajstić information content (AvgIpc) is 2.50. The molecule has 1 heterocycles. The van der Waals surface area contributed by atoms with Crippen molar-refractivity contribution < 1.29 is 0 Å². The monoisotopic (exact) mass is 181 g/mol. The molecule has 1 saturated heterocycles. The summed E-state index contributed by atoms with van der Waals surface area (Å²) in [6.45, 7) is 6.40. The molecule has 2 rings (SSSR count). The largest absolute Gasteiger partial charge is 0.303 e. The van der Waals surface area contributed by atoms with Crippen LogP contribution in [-0.4, -0.2) is 24.5 Å². The lowest BCUT2D eigenvalue weighted by Gasteiger charge is -2.18. The molecule has 2 fully saturated rings. The molecule has 0 amide bonds. The van der Waals surface area contributed by atoms with Crippen LogP contribution in [0, 0.1) is 11.8 Å². The second-order valence-corrected chi connectivity index (χ2v) is 4.87. The van der Waals surface area contributed by atoms with Crippen LogP contribution in [0.2, 0.25) is 0 Å². The summed E-state index contributed by atoms with van der Waals surface area (Å²) in [7, 11) is 0. The third-order valence-electron chi connectivity index (χ3n) is 3.99. The SMILES string of the molecule is CCCN1CCC2CCCC2CC1. The van der Waals surface area contributed by atoms with Crippen LogP contribution < -0.4 is 0 Å². The van der Waals surface area contributed by atoms with E-state index in [1.807, 2.05) is 0 Å². The van der Waals surface area contributed by atoms with Crippen LogP contribution in [0.25, 0.3) is 0 Å².